The van der Waals surface area contributed by atoms with Crippen LogP contribution in [0.15, 0.2) is 23.3 Å². The molecule has 15 heavy (non-hydrogen) atoms. The van der Waals surface area contributed by atoms with Crippen molar-refractivity contribution in [1.29, 1.82) is 0 Å². The average Bonchev–Trinajstić information content (AvgIpc) is 2.22. The normalized spacial score (nSPS) is 26.5. The number of hydrogen-bond acceptors (Lipinski definition) is 2. The third kappa shape index (κ3) is 2.22. The van der Waals surface area contributed by atoms with Gasteiger partial charge in [-0.05, 0) is 18.8 Å². The van der Waals surface area contributed by atoms with Crippen LogP contribution in [-0.2, 0) is 0 Å². The topological polar surface area (TPSA) is 48.0 Å². The van der Waals surface area contributed by atoms with E-state index in [9.17, 15) is 4.79 Å². The molecule has 3 nitrogen and oxygen atoms in total. The Kier molecular flexibility index (Phi) is 2.80. The van der Waals surface area contributed by atoms with Crippen molar-refractivity contribution in [3.63, 3.8) is 0 Å². The molecule has 1 saturated carbocycles. The molecule has 82 valence electrons. The summed E-state index contributed by atoms with van der Waals surface area (Å²) in [4.78, 5) is 11.2. The third-order valence-electron chi connectivity index (χ3n) is 3.30. The van der Waals surface area contributed by atoms with Crippen LogP contribution in [0, 0.1) is 5.92 Å². The highest BCUT2D eigenvalue weighted by molar-refractivity contribution is 5.33. The van der Waals surface area contributed by atoms with E-state index in [1.165, 1.54) is 25.7 Å². The zero-order valence-electron chi connectivity index (χ0n) is 9.15. The van der Waals surface area contributed by atoms with E-state index in [0.717, 1.165) is 5.92 Å². The molecule has 0 aliphatic heterocycles. The van der Waals surface area contributed by atoms with Crippen molar-refractivity contribution in [3.8, 4) is 0 Å². The second kappa shape index (κ2) is 4.09. The van der Waals surface area contributed by atoms with E-state index in [1.807, 2.05) is 6.20 Å². The Morgan fingerprint density at radius 2 is 2.27 bits per heavy atom. The minimum absolute atomic E-state index is 0.0740. The van der Waals surface area contributed by atoms with Crippen LogP contribution in [0.1, 0.15) is 38.6 Å². The molecule has 3 heteroatoms. The van der Waals surface area contributed by atoms with E-state index in [2.05, 4.69) is 11.5 Å². The fourth-order valence-corrected chi connectivity index (χ4v) is 2.42. The molecule has 0 bridgehead atoms. The predicted octanol–water partition coefficient (Wildman–Crippen LogP) is 2.18. The second-order valence-corrected chi connectivity index (χ2v) is 4.64. The van der Waals surface area contributed by atoms with E-state index < -0.39 is 0 Å². The molecule has 0 aromatic carbocycles. The number of rotatable bonds is 1. The lowest BCUT2D eigenvalue weighted by Crippen LogP contribution is -2.20. The number of anilines is 1. The molecule has 1 aliphatic carbocycles. The van der Waals surface area contributed by atoms with Crippen molar-refractivity contribution in [2.24, 2.45) is 5.92 Å². The van der Waals surface area contributed by atoms with Gasteiger partial charge in [0.2, 0.25) is 5.43 Å². The highest BCUT2D eigenvalue weighted by atomic mass is 16.1. The lowest BCUT2D eigenvalue weighted by molar-refractivity contribution is 0.282. The van der Waals surface area contributed by atoms with E-state index in [-0.39, 0.29) is 5.43 Å². The summed E-state index contributed by atoms with van der Waals surface area (Å²) in [5.74, 6) is 0.782. The quantitative estimate of drug-likeness (QED) is 0.765. The number of pyridine rings is 1. The van der Waals surface area contributed by atoms with Gasteiger partial charge in [-0.25, -0.2) is 0 Å². The Morgan fingerprint density at radius 1 is 1.47 bits per heavy atom. The standard InChI is InChI=1S/C12H18N2O/c1-9-3-2-4-10(7-9)14-6-5-12(15)11(13)8-14/h5-6,8-10H,2-4,7,13H2,1H3. The van der Waals surface area contributed by atoms with Crippen molar-refractivity contribution >= 4 is 5.69 Å². The lowest BCUT2D eigenvalue weighted by Gasteiger charge is -2.28. The van der Waals surface area contributed by atoms with Gasteiger partial charge < -0.3 is 10.3 Å². The summed E-state index contributed by atoms with van der Waals surface area (Å²) in [7, 11) is 0. The lowest BCUT2D eigenvalue weighted by atomic mass is 9.87. The molecule has 0 amide bonds. The fourth-order valence-electron chi connectivity index (χ4n) is 2.42. The highest BCUT2D eigenvalue weighted by Crippen LogP contribution is 2.31. The molecule has 0 spiro atoms. The van der Waals surface area contributed by atoms with Gasteiger partial charge in [-0.15, -0.1) is 0 Å². The molecule has 0 saturated heterocycles. The number of hydrogen-bond donors (Lipinski definition) is 1. The molecule has 1 aromatic rings. The summed E-state index contributed by atoms with van der Waals surface area (Å²) in [6, 6.07) is 2.09. The van der Waals surface area contributed by atoms with Crippen molar-refractivity contribution in [2.45, 2.75) is 38.6 Å². The highest BCUT2D eigenvalue weighted by Gasteiger charge is 2.19. The van der Waals surface area contributed by atoms with E-state index in [1.54, 1.807) is 12.3 Å². The molecule has 1 fully saturated rings. The summed E-state index contributed by atoms with van der Waals surface area (Å²) in [6.07, 6.45) is 8.64. The van der Waals surface area contributed by atoms with Gasteiger partial charge in [0.25, 0.3) is 0 Å². The Balaban J connectivity index is 2.21. The Morgan fingerprint density at radius 3 is 2.93 bits per heavy atom. The molecule has 0 radical (unpaired) electrons. The minimum Gasteiger partial charge on any atom is -0.394 e. The van der Waals surface area contributed by atoms with Gasteiger partial charge in [-0.3, -0.25) is 4.79 Å². The van der Waals surface area contributed by atoms with Crippen LogP contribution in [-0.4, -0.2) is 4.57 Å². The minimum atomic E-state index is -0.0740. The Bertz CT molecular complexity index is 397. The zero-order chi connectivity index (χ0) is 10.8. The van der Waals surface area contributed by atoms with Crippen LogP contribution >= 0.6 is 0 Å². The van der Waals surface area contributed by atoms with Crippen molar-refractivity contribution < 1.29 is 0 Å². The van der Waals surface area contributed by atoms with Crippen molar-refractivity contribution in [2.75, 3.05) is 5.73 Å². The first-order valence-electron chi connectivity index (χ1n) is 5.64. The average molecular weight is 206 g/mol. The first-order chi connectivity index (χ1) is 7.16. The first-order valence-corrected chi connectivity index (χ1v) is 5.64. The summed E-state index contributed by atoms with van der Waals surface area (Å²) in [5.41, 5.74) is 5.91. The van der Waals surface area contributed by atoms with Gasteiger partial charge in [0.05, 0.1) is 5.69 Å². The number of aromatic nitrogens is 1. The third-order valence-corrected chi connectivity index (χ3v) is 3.30. The molecular formula is C12H18N2O. The van der Waals surface area contributed by atoms with Gasteiger partial charge in [-0.1, -0.05) is 19.8 Å². The number of nitrogen functional groups attached to an aromatic ring is 1. The predicted molar refractivity (Wildman–Crippen MR) is 61.8 cm³/mol. The van der Waals surface area contributed by atoms with Crippen LogP contribution < -0.4 is 11.2 Å². The molecule has 2 rings (SSSR count). The van der Waals surface area contributed by atoms with Crippen molar-refractivity contribution in [3.05, 3.63) is 28.7 Å². The van der Waals surface area contributed by atoms with Crippen molar-refractivity contribution in [1.82, 2.24) is 4.57 Å². The van der Waals surface area contributed by atoms with Crippen LogP contribution in [0.25, 0.3) is 0 Å². The van der Waals surface area contributed by atoms with Crippen LogP contribution in [0.5, 0.6) is 0 Å². The molecule has 1 aromatic heterocycles. The van der Waals surface area contributed by atoms with Crippen LogP contribution in [0.3, 0.4) is 0 Å². The fraction of sp³-hybridized carbons (Fsp3) is 0.583. The summed E-state index contributed by atoms with van der Waals surface area (Å²) >= 11 is 0. The van der Waals surface area contributed by atoms with Gasteiger partial charge in [0, 0.05) is 24.5 Å². The molecule has 1 heterocycles. The molecule has 1 aliphatic rings. The summed E-state index contributed by atoms with van der Waals surface area (Å²) in [6.45, 7) is 2.29. The summed E-state index contributed by atoms with van der Waals surface area (Å²) in [5, 5.41) is 0. The maximum absolute atomic E-state index is 11.2. The van der Waals surface area contributed by atoms with Crippen LogP contribution in [0.2, 0.25) is 0 Å². The zero-order valence-corrected chi connectivity index (χ0v) is 9.15. The van der Waals surface area contributed by atoms with Gasteiger partial charge >= 0.3 is 0 Å². The number of nitrogens with two attached hydrogens (primary N) is 1. The van der Waals surface area contributed by atoms with Gasteiger partial charge in [0.15, 0.2) is 0 Å². The second-order valence-electron chi connectivity index (χ2n) is 4.64. The summed E-state index contributed by atoms with van der Waals surface area (Å²) < 4.78 is 2.10. The SMILES string of the molecule is CC1CCCC(n2ccc(=O)c(N)c2)C1. The van der Waals surface area contributed by atoms with E-state index >= 15 is 0 Å². The maximum atomic E-state index is 11.2. The number of nitrogens with zero attached hydrogens (tertiary/aromatic N) is 1. The maximum Gasteiger partial charge on any atom is 0.204 e. The molecular weight excluding hydrogens is 188 g/mol. The Hall–Kier alpha value is -1.25. The first kappa shape index (κ1) is 10.3. The molecule has 2 unspecified atom stereocenters. The smallest absolute Gasteiger partial charge is 0.204 e. The van der Waals surface area contributed by atoms with E-state index in [4.69, 9.17) is 5.73 Å². The largest absolute Gasteiger partial charge is 0.394 e. The van der Waals surface area contributed by atoms with E-state index in [0.29, 0.717) is 11.7 Å². The molecule has 2 N–H and O–H groups in total. The monoisotopic (exact) mass is 206 g/mol. The Labute approximate surface area is 89.9 Å². The molecule has 2 atom stereocenters. The van der Waals surface area contributed by atoms with Crippen LogP contribution in [0.4, 0.5) is 5.69 Å². The van der Waals surface area contributed by atoms with Gasteiger partial charge in [0.1, 0.15) is 0 Å². The van der Waals surface area contributed by atoms with Gasteiger partial charge in [-0.2, -0.15) is 0 Å².